The van der Waals surface area contributed by atoms with Gasteiger partial charge in [-0.25, -0.2) is 4.99 Å². The molecule has 0 heterocycles. The first-order valence-electron chi connectivity index (χ1n) is 5.90. The van der Waals surface area contributed by atoms with Crippen molar-refractivity contribution < 1.29 is 13.2 Å². The summed E-state index contributed by atoms with van der Waals surface area (Å²) >= 11 is 5.95. The number of benzene rings is 2. The average Bonchev–Trinajstić information content (AvgIpc) is 2.39. The van der Waals surface area contributed by atoms with Gasteiger partial charge in [0.15, 0.2) is 0 Å². The summed E-state index contributed by atoms with van der Waals surface area (Å²) in [5, 5.41) is 0.118. The van der Waals surface area contributed by atoms with Crippen molar-refractivity contribution in [3.05, 3.63) is 65.7 Å². The van der Waals surface area contributed by atoms with E-state index in [9.17, 15) is 13.2 Å². The molecule has 0 aliphatic heterocycles. The van der Waals surface area contributed by atoms with E-state index in [-0.39, 0.29) is 10.9 Å². The number of aliphatic imine (C=N–C) groups is 1. The van der Waals surface area contributed by atoms with Crippen LogP contribution in [-0.2, 0) is 12.6 Å². The van der Waals surface area contributed by atoms with Crippen molar-refractivity contribution in [3.8, 4) is 0 Å². The highest BCUT2D eigenvalue weighted by atomic mass is 35.5. The van der Waals surface area contributed by atoms with Crippen LogP contribution >= 0.6 is 11.6 Å². The highest BCUT2D eigenvalue weighted by Gasteiger charge is 2.33. The van der Waals surface area contributed by atoms with Gasteiger partial charge in [0, 0.05) is 6.42 Å². The van der Waals surface area contributed by atoms with Crippen LogP contribution in [0.25, 0.3) is 0 Å². The lowest BCUT2D eigenvalue weighted by molar-refractivity contribution is -0.137. The van der Waals surface area contributed by atoms with Crippen LogP contribution in [0.15, 0.2) is 59.6 Å². The highest BCUT2D eigenvalue weighted by Crippen LogP contribution is 2.36. The predicted molar refractivity (Wildman–Crippen MR) is 74.5 cm³/mol. The van der Waals surface area contributed by atoms with Crippen molar-refractivity contribution in [3.63, 3.8) is 0 Å². The molecule has 0 N–H and O–H groups in total. The lowest BCUT2D eigenvalue weighted by atomic mass is 10.1. The quantitative estimate of drug-likeness (QED) is 0.689. The minimum absolute atomic E-state index is 0.118. The lowest BCUT2D eigenvalue weighted by Gasteiger charge is -2.09. The van der Waals surface area contributed by atoms with E-state index in [1.165, 1.54) is 18.2 Å². The summed E-state index contributed by atoms with van der Waals surface area (Å²) in [6.45, 7) is 0. The zero-order valence-electron chi connectivity index (χ0n) is 10.4. The van der Waals surface area contributed by atoms with E-state index in [1.54, 1.807) is 0 Å². The van der Waals surface area contributed by atoms with Crippen LogP contribution in [0.3, 0.4) is 0 Å². The van der Waals surface area contributed by atoms with Crippen LogP contribution in [0, 0.1) is 0 Å². The van der Waals surface area contributed by atoms with Crippen LogP contribution in [-0.4, -0.2) is 5.17 Å². The molecule has 2 aromatic carbocycles. The SMILES string of the molecule is FC(F)(F)c1ccccc1/N=C(\Cl)Cc1ccccc1. The maximum absolute atomic E-state index is 12.8. The molecular formula is C15H11ClF3N. The summed E-state index contributed by atoms with van der Waals surface area (Å²) in [5.41, 5.74) is -0.0575. The predicted octanol–water partition coefficient (Wildman–Crippen LogP) is 5.22. The first-order chi connectivity index (χ1) is 9.47. The Morgan fingerprint density at radius 1 is 0.950 bits per heavy atom. The molecule has 1 nitrogen and oxygen atoms in total. The molecule has 0 aliphatic carbocycles. The van der Waals surface area contributed by atoms with Gasteiger partial charge in [0.05, 0.1) is 11.3 Å². The molecule has 104 valence electrons. The number of hydrogen-bond acceptors (Lipinski definition) is 1. The Morgan fingerprint density at radius 2 is 1.55 bits per heavy atom. The van der Waals surface area contributed by atoms with Gasteiger partial charge in [0.1, 0.15) is 5.17 Å². The van der Waals surface area contributed by atoms with Gasteiger partial charge in [-0.15, -0.1) is 0 Å². The third-order valence-electron chi connectivity index (χ3n) is 2.64. The molecule has 0 radical (unpaired) electrons. The Bertz CT molecular complexity index is 606. The smallest absolute Gasteiger partial charge is 0.240 e. The molecular weight excluding hydrogens is 287 g/mol. The summed E-state index contributed by atoms with van der Waals surface area (Å²) in [4.78, 5) is 3.88. The van der Waals surface area contributed by atoms with E-state index >= 15 is 0 Å². The number of alkyl halides is 3. The van der Waals surface area contributed by atoms with Gasteiger partial charge < -0.3 is 0 Å². The zero-order chi connectivity index (χ0) is 14.6. The van der Waals surface area contributed by atoms with Gasteiger partial charge in [0.2, 0.25) is 0 Å². The second-order valence-corrected chi connectivity index (χ2v) is 4.60. The van der Waals surface area contributed by atoms with Crippen molar-refractivity contribution >= 4 is 22.5 Å². The summed E-state index contributed by atoms with van der Waals surface area (Å²) < 4.78 is 38.4. The number of nitrogens with zero attached hydrogens (tertiary/aromatic N) is 1. The highest BCUT2D eigenvalue weighted by molar-refractivity contribution is 6.65. The standard InChI is InChI=1S/C15H11ClF3N/c16-14(10-11-6-2-1-3-7-11)20-13-9-5-4-8-12(13)15(17,18)19/h1-9H,10H2/b20-14-. The van der Waals surface area contributed by atoms with Crippen LogP contribution in [0.4, 0.5) is 18.9 Å². The molecule has 0 amide bonds. The van der Waals surface area contributed by atoms with Gasteiger partial charge >= 0.3 is 6.18 Å². The van der Waals surface area contributed by atoms with E-state index in [2.05, 4.69) is 4.99 Å². The third kappa shape index (κ3) is 3.84. The number of rotatable bonds is 3. The van der Waals surface area contributed by atoms with E-state index < -0.39 is 11.7 Å². The van der Waals surface area contributed by atoms with E-state index in [0.29, 0.717) is 6.42 Å². The molecule has 0 unspecified atom stereocenters. The first kappa shape index (κ1) is 14.6. The molecule has 20 heavy (non-hydrogen) atoms. The minimum Gasteiger partial charge on any atom is -0.240 e. The van der Waals surface area contributed by atoms with E-state index in [0.717, 1.165) is 11.6 Å². The van der Waals surface area contributed by atoms with Crippen molar-refractivity contribution in [2.24, 2.45) is 4.99 Å². The van der Waals surface area contributed by atoms with Gasteiger partial charge in [-0.1, -0.05) is 54.1 Å². The fraction of sp³-hybridized carbons (Fsp3) is 0.133. The fourth-order valence-electron chi connectivity index (χ4n) is 1.75. The number of para-hydroxylation sites is 1. The van der Waals surface area contributed by atoms with Crippen molar-refractivity contribution in [2.45, 2.75) is 12.6 Å². The van der Waals surface area contributed by atoms with Crippen LogP contribution in [0.1, 0.15) is 11.1 Å². The largest absolute Gasteiger partial charge is 0.418 e. The monoisotopic (exact) mass is 297 g/mol. The van der Waals surface area contributed by atoms with Crippen molar-refractivity contribution in [1.82, 2.24) is 0 Å². The lowest BCUT2D eigenvalue weighted by Crippen LogP contribution is -2.05. The normalized spacial score (nSPS) is 12.5. The minimum atomic E-state index is -4.44. The second-order valence-electron chi connectivity index (χ2n) is 4.17. The maximum Gasteiger partial charge on any atom is 0.418 e. The van der Waals surface area contributed by atoms with Crippen LogP contribution < -0.4 is 0 Å². The molecule has 0 aromatic heterocycles. The van der Waals surface area contributed by atoms with Gasteiger partial charge in [-0.05, 0) is 17.7 Å². The third-order valence-corrected chi connectivity index (χ3v) is 2.86. The van der Waals surface area contributed by atoms with E-state index in [4.69, 9.17) is 11.6 Å². The van der Waals surface area contributed by atoms with Gasteiger partial charge in [0.25, 0.3) is 0 Å². The van der Waals surface area contributed by atoms with Gasteiger partial charge in [-0.3, -0.25) is 0 Å². The Hall–Kier alpha value is -1.81. The Morgan fingerprint density at radius 3 is 2.20 bits per heavy atom. The average molecular weight is 298 g/mol. The van der Waals surface area contributed by atoms with Crippen molar-refractivity contribution in [2.75, 3.05) is 0 Å². The van der Waals surface area contributed by atoms with Crippen molar-refractivity contribution in [1.29, 1.82) is 0 Å². The number of hydrogen-bond donors (Lipinski definition) is 0. The van der Waals surface area contributed by atoms with E-state index in [1.807, 2.05) is 30.3 Å². The molecule has 0 aliphatic rings. The molecule has 0 fully saturated rings. The van der Waals surface area contributed by atoms with Gasteiger partial charge in [-0.2, -0.15) is 13.2 Å². The Kier molecular flexibility index (Phi) is 4.45. The molecule has 0 atom stereocenters. The second kappa shape index (κ2) is 6.09. The summed E-state index contributed by atoms with van der Waals surface area (Å²) in [6.07, 6.45) is -4.14. The summed E-state index contributed by atoms with van der Waals surface area (Å²) in [7, 11) is 0. The summed E-state index contributed by atoms with van der Waals surface area (Å²) in [5.74, 6) is 0. The summed E-state index contributed by atoms with van der Waals surface area (Å²) in [6, 6.07) is 14.3. The Balaban J connectivity index is 2.27. The molecule has 2 aromatic rings. The molecule has 5 heteroatoms. The maximum atomic E-state index is 12.8. The Labute approximate surface area is 119 Å². The molecule has 0 spiro atoms. The molecule has 0 bridgehead atoms. The fourth-order valence-corrected chi connectivity index (χ4v) is 1.99. The molecule has 2 rings (SSSR count). The zero-order valence-corrected chi connectivity index (χ0v) is 11.1. The molecule has 0 saturated heterocycles. The van der Waals surface area contributed by atoms with Crippen LogP contribution in [0.2, 0.25) is 0 Å². The van der Waals surface area contributed by atoms with Crippen LogP contribution in [0.5, 0.6) is 0 Å². The first-order valence-corrected chi connectivity index (χ1v) is 6.28. The topological polar surface area (TPSA) is 12.4 Å². The number of halogens is 4. The molecule has 0 saturated carbocycles.